The minimum absolute atomic E-state index is 0.0638. The topological polar surface area (TPSA) is 70.1 Å². The van der Waals surface area contributed by atoms with Gasteiger partial charge in [0.25, 0.3) is 0 Å². The average molecular weight is 370 g/mol. The number of rotatable bonds is 5. The fourth-order valence-electron chi connectivity index (χ4n) is 2.79. The van der Waals surface area contributed by atoms with E-state index < -0.39 is 0 Å². The molecule has 2 N–H and O–H groups in total. The zero-order valence-electron chi connectivity index (χ0n) is 13.4. The molecule has 1 aliphatic carbocycles. The fourth-order valence-corrected chi connectivity index (χ4v) is 2.95. The number of hydrogen-bond acceptors (Lipinski definition) is 5. The van der Waals surface area contributed by atoms with Gasteiger partial charge in [-0.25, -0.2) is 4.98 Å². The lowest BCUT2D eigenvalue weighted by Gasteiger charge is -2.29. The normalized spacial score (nSPS) is 21.3. The van der Waals surface area contributed by atoms with Crippen LogP contribution in [0, 0.1) is 6.92 Å². The Kier molecular flexibility index (Phi) is 5.99. The van der Waals surface area contributed by atoms with Crippen molar-refractivity contribution in [2.45, 2.75) is 44.7 Å². The second-order valence-corrected chi connectivity index (χ2v) is 6.55. The van der Waals surface area contributed by atoms with Crippen molar-refractivity contribution in [3.63, 3.8) is 0 Å². The summed E-state index contributed by atoms with van der Waals surface area (Å²) in [5, 5.41) is 6.82. The average Bonchev–Trinajstić information content (AvgIpc) is 2.50. The van der Waals surface area contributed by atoms with E-state index in [9.17, 15) is 4.79 Å². The van der Waals surface area contributed by atoms with Gasteiger partial charge in [-0.2, -0.15) is 4.98 Å². The summed E-state index contributed by atoms with van der Waals surface area (Å²) in [5.74, 6) is 1.69. The van der Waals surface area contributed by atoms with Crippen molar-refractivity contribution < 1.29 is 4.79 Å². The summed E-state index contributed by atoms with van der Waals surface area (Å²) in [6.07, 6.45) is 5.86. The Morgan fingerprint density at radius 1 is 1.32 bits per heavy atom. The van der Waals surface area contributed by atoms with Gasteiger partial charge in [0.1, 0.15) is 5.82 Å². The second kappa shape index (κ2) is 7.76. The molecular weight excluding hydrogens is 346 g/mol. The molecule has 0 saturated heterocycles. The van der Waals surface area contributed by atoms with Gasteiger partial charge >= 0.3 is 0 Å². The summed E-state index contributed by atoms with van der Waals surface area (Å²) in [6, 6.07) is 0.661. The largest absolute Gasteiger partial charge is 0.362 e. The monoisotopic (exact) mass is 369 g/mol. The van der Waals surface area contributed by atoms with Crippen LogP contribution in [0.15, 0.2) is 6.20 Å². The van der Waals surface area contributed by atoms with E-state index in [4.69, 9.17) is 0 Å². The molecule has 1 saturated carbocycles. The predicted octanol–water partition coefficient (Wildman–Crippen LogP) is 2.09. The third-order valence-electron chi connectivity index (χ3n) is 3.92. The number of anilines is 2. The third-order valence-corrected chi connectivity index (χ3v) is 4.42. The van der Waals surface area contributed by atoms with Crippen molar-refractivity contribution >= 4 is 33.6 Å². The highest BCUT2D eigenvalue weighted by Crippen LogP contribution is 2.22. The molecule has 1 aromatic rings. The van der Waals surface area contributed by atoms with E-state index in [0.717, 1.165) is 37.1 Å². The minimum atomic E-state index is 0.0638. The first kappa shape index (κ1) is 17.0. The molecule has 0 radical (unpaired) electrons. The highest BCUT2D eigenvalue weighted by atomic mass is 79.9. The van der Waals surface area contributed by atoms with Crippen LogP contribution in [0.25, 0.3) is 0 Å². The van der Waals surface area contributed by atoms with E-state index in [1.807, 2.05) is 32.1 Å². The fraction of sp³-hybridized carbons (Fsp3) is 0.667. The lowest BCUT2D eigenvalue weighted by atomic mass is 9.91. The Balaban J connectivity index is 1.88. The van der Waals surface area contributed by atoms with E-state index in [1.165, 1.54) is 0 Å². The van der Waals surface area contributed by atoms with Crippen LogP contribution in [0.1, 0.15) is 31.2 Å². The number of halogens is 1. The van der Waals surface area contributed by atoms with Gasteiger partial charge in [0.05, 0.1) is 5.33 Å². The molecule has 122 valence electrons. The van der Waals surface area contributed by atoms with E-state index in [2.05, 4.69) is 36.5 Å². The summed E-state index contributed by atoms with van der Waals surface area (Å²) < 4.78 is 0. The maximum atomic E-state index is 11.4. The number of hydrogen-bond donors (Lipinski definition) is 2. The first-order valence-electron chi connectivity index (χ1n) is 7.62. The molecule has 1 aromatic heterocycles. The van der Waals surface area contributed by atoms with Crippen LogP contribution in [0.3, 0.4) is 0 Å². The number of alkyl halides is 1. The number of nitrogens with one attached hydrogen (secondary N) is 2. The first-order chi connectivity index (χ1) is 10.5. The smallest absolute Gasteiger partial charge is 0.230 e. The van der Waals surface area contributed by atoms with Gasteiger partial charge in [0.2, 0.25) is 11.9 Å². The molecule has 0 aliphatic heterocycles. The molecule has 0 unspecified atom stereocenters. The molecule has 0 bridgehead atoms. The van der Waals surface area contributed by atoms with Crippen LogP contribution in [-0.2, 0) is 4.79 Å². The molecule has 0 aromatic carbocycles. The molecule has 0 atom stereocenters. The number of nitrogens with zero attached hydrogens (tertiary/aromatic N) is 3. The van der Waals surface area contributed by atoms with Crippen LogP contribution in [0.2, 0.25) is 0 Å². The van der Waals surface area contributed by atoms with E-state index in [-0.39, 0.29) is 5.91 Å². The van der Waals surface area contributed by atoms with Gasteiger partial charge in [0.15, 0.2) is 0 Å². The first-order valence-corrected chi connectivity index (χ1v) is 8.74. The summed E-state index contributed by atoms with van der Waals surface area (Å²) in [6.45, 7) is 2.01. The van der Waals surface area contributed by atoms with E-state index in [1.54, 1.807) is 0 Å². The zero-order chi connectivity index (χ0) is 16.1. The molecule has 1 fully saturated rings. The van der Waals surface area contributed by atoms with Gasteiger partial charge in [-0.1, -0.05) is 15.9 Å². The Morgan fingerprint density at radius 3 is 2.55 bits per heavy atom. The predicted molar refractivity (Wildman–Crippen MR) is 92.7 cm³/mol. The number of carbonyl (C=O) groups excluding carboxylic acids is 1. The second-order valence-electron chi connectivity index (χ2n) is 5.99. The Bertz CT molecular complexity index is 515. The summed E-state index contributed by atoms with van der Waals surface area (Å²) in [7, 11) is 3.97. The van der Waals surface area contributed by atoms with Gasteiger partial charge in [-0.15, -0.1) is 0 Å². The lowest BCUT2D eigenvalue weighted by Crippen LogP contribution is -2.40. The zero-order valence-corrected chi connectivity index (χ0v) is 15.0. The highest BCUT2D eigenvalue weighted by molar-refractivity contribution is 9.09. The number of aryl methyl sites for hydroxylation is 1. The van der Waals surface area contributed by atoms with Crippen molar-refractivity contribution in [2.75, 3.05) is 29.6 Å². The Labute approximate surface area is 140 Å². The van der Waals surface area contributed by atoms with Crippen molar-refractivity contribution in [3.05, 3.63) is 11.8 Å². The Morgan fingerprint density at radius 2 is 1.95 bits per heavy atom. The van der Waals surface area contributed by atoms with E-state index >= 15 is 0 Å². The minimum Gasteiger partial charge on any atom is -0.362 e. The maximum Gasteiger partial charge on any atom is 0.230 e. The van der Waals surface area contributed by atoms with Gasteiger partial charge in [-0.05, 0) is 32.6 Å². The third kappa shape index (κ3) is 4.56. The van der Waals surface area contributed by atoms with Crippen molar-refractivity contribution in [2.24, 2.45) is 0 Å². The molecule has 1 aliphatic rings. The van der Waals surface area contributed by atoms with Crippen LogP contribution >= 0.6 is 15.9 Å². The summed E-state index contributed by atoms with van der Waals surface area (Å²) >= 11 is 3.18. The number of carbonyl (C=O) groups is 1. The van der Waals surface area contributed by atoms with Crippen molar-refractivity contribution in [1.82, 2.24) is 15.3 Å². The number of amides is 1. The molecule has 1 heterocycles. The molecule has 22 heavy (non-hydrogen) atoms. The van der Waals surface area contributed by atoms with Crippen molar-refractivity contribution in [3.8, 4) is 0 Å². The Hall–Kier alpha value is -1.37. The van der Waals surface area contributed by atoms with Crippen LogP contribution in [0.4, 0.5) is 11.8 Å². The molecule has 7 heteroatoms. The SMILES string of the molecule is Cc1cnc(N[C@H]2CC[C@@H](NC(=O)CBr)CC2)nc1N(C)C. The summed E-state index contributed by atoms with van der Waals surface area (Å²) in [5.41, 5.74) is 1.07. The quantitative estimate of drug-likeness (QED) is 0.777. The van der Waals surface area contributed by atoms with Gasteiger partial charge in [0, 0.05) is 37.9 Å². The number of aromatic nitrogens is 2. The van der Waals surface area contributed by atoms with Crippen LogP contribution in [0.5, 0.6) is 0 Å². The van der Waals surface area contributed by atoms with Gasteiger partial charge in [-0.3, -0.25) is 4.79 Å². The molecule has 2 rings (SSSR count). The molecule has 0 spiro atoms. The van der Waals surface area contributed by atoms with Crippen LogP contribution in [-0.4, -0.2) is 47.4 Å². The highest BCUT2D eigenvalue weighted by Gasteiger charge is 2.22. The summed E-state index contributed by atoms with van der Waals surface area (Å²) in [4.78, 5) is 22.3. The lowest BCUT2D eigenvalue weighted by molar-refractivity contribution is -0.119. The van der Waals surface area contributed by atoms with Crippen LogP contribution < -0.4 is 15.5 Å². The van der Waals surface area contributed by atoms with Crippen molar-refractivity contribution in [1.29, 1.82) is 0 Å². The molecule has 6 nitrogen and oxygen atoms in total. The van der Waals surface area contributed by atoms with Gasteiger partial charge < -0.3 is 15.5 Å². The van der Waals surface area contributed by atoms with E-state index in [0.29, 0.717) is 23.4 Å². The molecular formula is C15H24BrN5O. The standard InChI is InChI=1S/C15H24BrN5O/c1-10-9-17-15(20-14(10)21(2)3)19-12-6-4-11(5-7-12)18-13(22)8-16/h9,11-12H,4-8H2,1-3H3,(H,18,22)(H,17,19,20)/t11-,12+. The maximum absolute atomic E-state index is 11.4. The molecule has 1 amide bonds.